The largest absolute Gasteiger partial charge is 0.541 e. The van der Waals surface area contributed by atoms with E-state index in [4.69, 9.17) is 18.3 Å². The predicted molar refractivity (Wildman–Crippen MR) is 169 cm³/mol. The van der Waals surface area contributed by atoms with Gasteiger partial charge >= 0.3 is 0 Å². The molecule has 0 unspecified atom stereocenters. The van der Waals surface area contributed by atoms with Gasteiger partial charge in [0, 0.05) is 0 Å². The van der Waals surface area contributed by atoms with Gasteiger partial charge in [0.2, 0.25) is 0 Å². The number of ether oxygens (including phenoxy) is 2. The van der Waals surface area contributed by atoms with Crippen LogP contribution < -0.4 is 18.3 Å². The second-order valence-electron chi connectivity index (χ2n) is 12.6. The van der Waals surface area contributed by atoms with Gasteiger partial charge in [0.25, 0.3) is 16.6 Å². The maximum absolute atomic E-state index is 6.46. The summed E-state index contributed by atoms with van der Waals surface area (Å²) < 4.78 is 24.2. The van der Waals surface area contributed by atoms with E-state index in [1.807, 2.05) is 48.6 Å². The lowest BCUT2D eigenvalue weighted by Gasteiger charge is -2.36. The minimum absolute atomic E-state index is 0.126. The highest BCUT2D eigenvalue weighted by Crippen LogP contribution is 2.41. The van der Waals surface area contributed by atoms with Crippen molar-refractivity contribution >= 4 is 28.8 Å². The van der Waals surface area contributed by atoms with Crippen molar-refractivity contribution in [2.75, 3.05) is 14.2 Å². The topological polar surface area (TPSA) is 36.9 Å². The fourth-order valence-electron chi connectivity index (χ4n) is 3.06. The van der Waals surface area contributed by atoms with E-state index in [0.29, 0.717) is 0 Å². The fraction of sp³-hybridized carbons (Fsp3) is 0.438. The van der Waals surface area contributed by atoms with Crippen molar-refractivity contribution in [2.45, 2.75) is 77.8 Å². The predicted octanol–water partition coefficient (Wildman–Crippen LogP) is 9.75. The van der Waals surface area contributed by atoms with Crippen molar-refractivity contribution < 1.29 is 18.3 Å². The molecule has 2 aromatic rings. The molecule has 6 heteroatoms. The molecular formula is C32H48O4Si2. The summed E-state index contributed by atoms with van der Waals surface area (Å²) in [6, 6.07) is 12.2. The highest BCUT2D eigenvalue weighted by Gasteiger charge is 2.40. The van der Waals surface area contributed by atoms with Crippen molar-refractivity contribution in [2.24, 2.45) is 0 Å². The summed E-state index contributed by atoms with van der Waals surface area (Å²) >= 11 is 0. The normalized spacial score (nSPS) is 13.5. The Morgan fingerprint density at radius 2 is 0.868 bits per heavy atom. The van der Waals surface area contributed by atoms with Gasteiger partial charge in [-0.05, 0) is 71.7 Å². The van der Waals surface area contributed by atoms with Crippen LogP contribution in [0.3, 0.4) is 0 Å². The lowest BCUT2D eigenvalue weighted by atomic mass is 10.1. The van der Waals surface area contributed by atoms with Gasteiger partial charge in [0.05, 0.1) is 14.2 Å². The van der Waals surface area contributed by atoms with Crippen LogP contribution in [0.4, 0.5) is 0 Å². The van der Waals surface area contributed by atoms with E-state index in [-0.39, 0.29) is 10.1 Å². The highest BCUT2D eigenvalue weighted by atomic mass is 28.4. The molecule has 0 aromatic heterocycles. The monoisotopic (exact) mass is 552 g/mol. The number of hydrogen-bond acceptors (Lipinski definition) is 4. The standard InChI is InChI=1S/C32H48O4Si2/c1-31(2,3)37(9,10)35-27-21-19-25(23-29(27)33-7)17-15-13-14-16-18-26-20-22-28(30(24-26)34-8)36-38(11,12)32(4,5)6/h13-24H,1-12H3/b14-13+,17-15+,18-16+. The molecule has 2 aromatic carbocycles. The summed E-state index contributed by atoms with van der Waals surface area (Å²) in [6.45, 7) is 22.4. The van der Waals surface area contributed by atoms with E-state index in [1.165, 1.54) is 0 Å². The van der Waals surface area contributed by atoms with E-state index >= 15 is 0 Å². The zero-order valence-electron chi connectivity index (χ0n) is 25.6. The van der Waals surface area contributed by atoms with Gasteiger partial charge < -0.3 is 18.3 Å². The molecule has 208 valence electrons. The Kier molecular flexibility index (Phi) is 10.3. The van der Waals surface area contributed by atoms with Crippen LogP contribution in [0.5, 0.6) is 23.0 Å². The van der Waals surface area contributed by atoms with Gasteiger partial charge in [-0.25, -0.2) is 0 Å². The molecule has 0 fully saturated rings. The first-order valence-corrected chi connectivity index (χ1v) is 19.1. The summed E-state index contributed by atoms with van der Waals surface area (Å²) in [4.78, 5) is 0. The van der Waals surface area contributed by atoms with Gasteiger partial charge in [0.15, 0.2) is 11.5 Å². The van der Waals surface area contributed by atoms with Crippen molar-refractivity contribution in [3.8, 4) is 23.0 Å². The minimum atomic E-state index is -1.94. The van der Waals surface area contributed by atoms with Crippen LogP contribution in [0.25, 0.3) is 12.2 Å². The molecule has 0 atom stereocenters. The van der Waals surface area contributed by atoms with Crippen LogP contribution in [0.15, 0.2) is 60.7 Å². The summed E-state index contributed by atoms with van der Waals surface area (Å²) in [5, 5.41) is 0.251. The Labute approximate surface area is 233 Å². The van der Waals surface area contributed by atoms with Crippen LogP contribution in [0, 0.1) is 0 Å². The zero-order valence-corrected chi connectivity index (χ0v) is 27.6. The van der Waals surface area contributed by atoms with Crippen LogP contribution in [0.2, 0.25) is 36.3 Å². The highest BCUT2D eigenvalue weighted by molar-refractivity contribution is 6.75. The number of methoxy groups -OCH3 is 2. The first kappa shape index (κ1) is 31.5. The molecule has 0 aliphatic rings. The first-order chi connectivity index (χ1) is 17.5. The molecule has 0 saturated carbocycles. The Morgan fingerprint density at radius 3 is 1.16 bits per heavy atom. The van der Waals surface area contributed by atoms with Gasteiger partial charge in [-0.3, -0.25) is 0 Å². The van der Waals surface area contributed by atoms with Crippen LogP contribution in [-0.2, 0) is 0 Å². The molecule has 38 heavy (non-hydrogen) atoms. The van der Waals surface area contributed by atoms with E-state index in [2.05, 4.69) is 92.0 Å². The first-order valence-electron chi connectivity index (χ1n) is 13.3. The van der Waals surface area contributed by atoms with Crippen LogP contribution in [0.1, 0.15) is 52.7 Å². The van der Waals surface area contributed by atoms with Gasteiger partial charge in [-0.2, -0.15) is 0 Å². The Hall–Kier alpha value is -2.71. The SMILES string of the molecule is COc1cc(/C=C/C=C/C=C/c2ccc(O[Si](C)(C)C(C)(C)C)c(OC)c2)ccc1O[Si](C)(C)C(C)(C)C. The molecule has 4 nitrogen and oxygen atoms in total. The summed E-state index contributed by atoms with van der Waals surface area (Å²) in [7, 11) is -0.499. The smallest absolute Gasteiger partial charge is 0.250 e. The lowest BCUT2D eigenvalue weighted by Crippen LogP contribution is -2.43. The average Bonchev–Trinajstić information content (AvgIpc) is 2.81. The molecule has 0 heterocycles. The van der Waals surface area contributed by atoms with Crippen molar-refractivity contribution in [1.29, 1.82) is 0 Å². The lowest BCUT2D eigenvalue weighted by molar-refractivity contribution is 0.386. The van der Waals surface area contributed by atoms with E-state index in [9.17, 15) is 0 Å². The quantitative estimate of drug-likeness (QED) is 0.217. The fourth-order valence-corrected chi connectivity index (χ4v) is 5.11. The van der Waals surface area contributed by atoms with Crippen LogP contribution in [-0.4, -0.2) is 30.9 Å². The Balaban J connectivity index is 2.07. The number of benzene rings is 2. The minimum Gasteiger partial charge on any atom is -0.541 e. The average molecular weight is 553 g/mol. The zero-order chi connectivity index (χ0) is 28.8. The number of hydrogen-bond donors (Lipinski definition) is 0. The third-order valence-electron chi connectivity index (χ3n) is 7.63. The third-order valence-corrected chi connectivity index (χ3v) is 16.3. The van der Waals surface area contributed by atoms with Gasteiger partial charge in [-0.1, -0.05) is 90.1 Å². The Bertz CT molecular complexity index is 1070. The maximum Gasteiger partial charge on any atom is 0.250 e. The molecule has 0 saturated heterocycles. The molecule has 0 radical (unpaired) electrons. The Morgan fingerprint density at radius 1 is 0.526 bits per heavy atom. The molecule has 0 aliphatic carbocycles. The maximum atomic E-state index is 6.46. The van der Waals surface area contributed by atoms with Gasteiger partial charge in [0.1, 0.15) is 11.5 Å². The summed E-state index contributed by atoms with van der Waals surface area (Å²) in [5.41, 5.74) is 2.11. The molecule has 0 bridgehead atoms. The van der Waals surface area contributed by atoms with Crippen molar-refractivity contribution in [3.05, 3.63) is 71.8 Å². The van der Waals surface area contributed by atoms with E-state index in [0.717, 1.165) is 34.1 Å². The summed E-state index contributed by atoms with van der Waals surface area (Å²) in [5.74, 6) is 3.14. The molecule has 0 spiro atoms. The van der Waals surface area contributed by atoms with Gasteiger partial charge in [-0.15, -0.1) is 0 Å². The second-order valence-corrected chi connectivity index (χ2v) is 22.1. The summed E-state index contributed by atoms with van der Waals surface area (Å²) in [6.07, 6.45) is 12.2. The molecular weight excluding hydrogens is 505 g/mol. The van der Waals surface area contributed by atoms with E-state index < -0.39 is 16.6 Å². The van der Waals surface area contributed by atoms with Crippen LogP contribution >= 0.6 is 0 Å². The molecule has 2 rings (SSSR count). The van der Waals surface area contributed by atoms with Crippen molar-refractivity contribution in [3.63, 3.8) is 0 Å². The molecule has 0 aliphatic heterocycles. The number of rotatable bonds is 10. The third kappa shape index (κ3) is 8.40. The molecule has 0 N–H and O–H groups in total. The van der Waals surface area contributed by atoms with Crippen molar-refractivity contribution in [1.82, 2.24) is 0 Å². The van der Waals surface area contributed by atoms with E-state index in [1.54, 1.807) is 14.2 Å². The number of allylic oxidation sites excluding steroid dienone is 4. The second kappa shape index (κ2) is 12.4. The molecule has 0 amide bonds.